The van der Waals surface area contributed by atoms with Gasteiger partial charge >= 0.3 is 0 Å². The van der Waals surface area contributed by atoms with Gasteiger partial charge in [0, 0.05) is 7.05 Å². The van der Waals surface area contributed by atoms with Crippen LogP contribution in [0.5, 0.6) is 0 Å². The van der Waals surface area contributed by atoms with Crippen LogP contribution in [-0.2, 0) is 13.6 Å². The fourth-order valence-electron chi connectivity index (χ4n) is 1.29. The van der Waals surface area contributed by atoms with Crippen molar-refractivity contribution in [1.82, 2.24) is 14.8 Å². The molecule has 1 heterocycles. The third-order valence-electron chi connectivity index (χ3n) is 2.19. The van der Waals surface area contributed by atoms with Gasteiger partial charge in [0.25, 0.3) is 0 Å². The summed E-state index contributed by atoms with van der Waals surface area (Å²) in [5, 5.41) is 6.63. The zero-order valence-corrected chi connectivity index (χ0v) is 8.61. The van der Waals surface area contributed by atoms with Gasteiger partial charge in [0.05, 0.1) is 12.2 Å². The summed E-state index contributed by atoms with van der Waals surface area (Å²) in [7, 11) is 1.73. The zero-order valence-electron chi connectivity index (χ0n) is 8.61. The smallest absolute Gasteiger partial charge is 0.181 e. The Bertz CT molecular complexity index is 495. The molecule has 4 nitrogen and oxygen atoms in total. The Kier molecular flexibility index (Phi) is 2.80. The lowest BCUT2D eigenvalue weighted by atomic mass is 10.3. The number of rotatable bonds is 3. The van der Waals surface area contributed by atoms with Crippen molar-refractivity contribution in [3.8, 4) is 0 Å². The van der Waals surface area contributed by atoms with Crippen LogP contribution < -0.4 is 5.32 Å². The first kappa shape index (κ1) is 10.5. The maximum atomic E-state index is 13.3. The molecule has 0 radical (unpaired) electrons. The highest BCUT2D eigenvalue weighted by Crippen LogP contribution is 2.16. The molecule has 0 saturated heterocycles. The van der Waals surface area contributed by atoms with E-state index in [1.807, 2.05) is 0 Å². The van der Waals surface area contributed by atoms with Gasteiger partial charge in [-0.3, -0.25) is 4.68 Å². The molecule has 0 saturated carbocycles. The molecule has 0 aliphatic heterocycles. The number of nitrogens with one attached hydrogen (secondary N) is 1. The van der Waals surface area contributed by atoms with Gasteiger partial charge < -0.3 is 5.32 Å². The van der Waals surface area contributed by atoms with Gasteiger partial charge in [0.15, 0.2) is 11.6 Å². The van der Waals surface area contributed by atoms with E-state index in [4.69, 9.17) is 0 Å². The van der Waals surface area contributed by atoms with E-state index in [1.165, 1.54) is 18.5 Å². The van der Waals surface area contributed by atoms with Crippen LogP contribution >= 0.6 is 0 Å². The fraction of sp³-hybridized carbons (Fsp3) is 0.200. The minimum absolute atomic E-state index is 0.114. The first-order chi connectivity index (χ1) is 7.68. The van der Waals surface area contributed by atoms with Gasteiger partial charge in [-0.05, 0) is 12.1 Å². The Morgan fingerprint density at radius 1 is 1.38 bits per heavy atom. The van der Waals surface area contributed by atoms with Crippen molar-refractivity contribution in [2.75, 3.05) is 5.32 Å². The summed E-state index contributed by atoms with van der Waals surface area (Å²) in [4.78, 5) is 3.96. The first-order valence-electron chi connectivity index (χ1n) is 4.69. The summed E-state index contributed by atoms with van der Waals surface area (Å²) >= 11 is 0. The lowest BCUT2D eigenvalue weighted by molar-refractivity contribution is 0.510. The molecule has 0 fully saturated rings. The normalized spacial score (nSPS) is 10.4. The number of aromatic nitrogens is 3. The number of aryl methyl sites for hydroxylation is 1. The van der Waals surface area contributed by atoms with E-state index in [0.717, 1.165) is 6.07 Å². The quantitative estimate of drug-likeness (QED) is 0.863. The molecule has 0 unspecified atom stereocenters. The van der Waals surface area contributed by atoms with Crippen molar-refractivity contribution in [1.29, 1.82) is 0 Å². The summed E-state index contributed by atoms with van der Waals surface area (Å²) in [5.74, 6) is -1.11. The maximum Gasteiger partial charge on any atom is 0.181 e. The van der Waals surface area contributed by atoms with Gasteiger partial charge in [-0.2, -0.15) is 5.10 Å². The van der Waals surface area contributed by atoms with Gasteiger partial charge in [0.2, 0.25) is 0 Å². The van der Waals surface area contributed by atoms with E-state index < -0.39 is 11.6 Å². The topological polar surface area (TPSA) is 42.7 Å². The summed E-state index contributed by atoms with van der Waals surface area (Å²) in [6.45, 7) is 0.289. The van der Waals surface area contributed by atoms with E-state index in [0.29, 0.717) is 5.82 Å². The number of benzene rings is 1. The highest BCUT2D eigenvalue weighted by molar-refractivity contribution is 5.44. The molecule has 1 aromatic heterocycles. The monoisotopic (exact) mass is 224 g/mol. The molecule has 0 atom stereocenters. The van der Waals surface area contributed by atoms with Crippen LogP contribution in [0.4, 0.5) is 14.5 Å². The first-order valence-corrected chi connectivity index (χ1v) is 4.69. The Morgan fingerprint density at radius 2 is 2.19 bits per heavy atom. The molecule has 2 aromatic rings. The molecule has 6 heteroatoms. The SMILES string of the molecule is Cn1ncnc1CNc1cccc(F)c1F. The zero-order chi connectivity index (χ0) is 11.5. The van der Waals surface area contributed by atoms with Crippen LogP contribution in [0.25, 0.3) is 0 Å². The lowest BCUT2D eigenvalue weighted by Crippen LogP contribution is -2.08. The molecule has 0 aliphatic carbocycles. The average Bonchev–Trinajstić information content (AvgIpc) is 2.67. The third kappa shape index (κ3) is 2.00. The van der Waals surface area contributed by atoms with Crippen molar-refractivity contribution in [3.63, 3.8) is 0 Å². The van der Waals surface area contributed by atoms with Gasteiger partial charge in [-0.25, -0.2) is 13.8 Å². The molecular weight excluding hydrogens is 214 g/mol. The van der Waals surface area contributed by atoms with Crippen molar-refractivity contribution in [3.05, 3.63) is 42.0 Å². The molecular formula is C10H10F2N4. The minimum Gasteiger partial charge on any atom is -0.375 e. The van der Waals surface area contributed by atoms with Crippen LogP contribution in [0.2, 0.25) is 0 Å². The fourth-order valence-corrected chi connectivity index (χ4v) is 1.29. The maximum absolute atomic E-state index is 13.3. The van der Waals surface area contributed by atoms with Gasteiger partial charge in [0.1, 0.15) is 12.2 Å². The number of nitrogens with zero attached hydrogens (tertiary/aromatic N) is 3. The second-order valence-electron chi connectivity index (χ2n) is 3.25. The van der Waals surface area contributed by atoms with E-state index in [2.05, 4.69) is 15.4 Å². The van der Waals surface area contributed by atoms with E-state index in [1.54, 1.807) is 11.7 Å². The highest BCUT2D eigenvalue weighted by atomic mass is 19.2. The van der Waals surface area contributed by atoms with Crippen LogP contribution in [0.3, 0.4) is 0 Å². The lowest BCUT2D eigenvalue weighted by Gasteiger charge is -2.06. The standard InChI is InChI=1S/C10H10F2N4/c1-16-9(14-6-15-16)5-13-8-4-2-3-7(11)10(8)12/h2-4,6,13H,5H2,1H3. The van der Waals surface area contributed by atoms with Crippen molar-refractivity contribution >= 4 is 5.69 Å². The third-order valence-corrected chi connectivity index (χ3v) is 2.19. The summed E-state index contributed by atoms with van der Waals surface area (Å²) in [6.07, 6.45) is 1.40. The summed E-state index contributed by atoms with van der Waals surface area (Å²) in [5.41, 5.74) is 0.114. The van der Waals surface area contributed by atoms with Crippen LogP contribution in [0.15, 0.2) is 24.5 Å². The molecule has 1 aromatic carbocycles. The van der Waals surface area contributed by atoms with Crippen molar-refractivity contribution in [2.45, 2.75) is 6.54 Å². The summed E-state index contributed by atoms with van der Waals surface area (Å²) in [6, 6.07) is 3.98. The minimum atomic E-state index is -0.885. The molecule has 0 spiro atoms. The largest absolute Gasteiger partial charge is 0.375 e. The molecule has 0 bridgehead atoms. The predicted octanol–water partition coefficient (Wildman–Crippen LogP) is 1.71. The Morgan fingerprint density at radius 3 is 2.88 bits per heavy atom. The second kappa shape index (κ2) is 4.26. The molecule has 16 heavy (non-hydrogen) atoms. The van der Waals surface area contributed by atoms with Crippen LogP contribution in [0.1, 0.15) is 5.82 Å². The number of halogens is 2. The Hall–Kier alpha value is -1.98. The van der Waals surface area contributed by atoms with E-state index in [-0.39, 0.29) is 12.2 Å². The second-order valence-corrected chi connectivity index (χ2v) is 3.25. The number of anilines is 1. The van der Waals surface area contributed by atoms with Crippen LogP contribution in [0, 0.1) is 11.6 Å². The molecule has 2 rings (SSSR count). The average molecular weight is 224 g/mol. The van der Waals surface area contributed by atoms with Crippen molar-refractivity contribution < 1.29 is 8.78 Å². The number of hydrogen-bond acceptors (Lipinski definition) is 3. The van der Waals surface area contributed by atoms with E-state index >= 15 is 0 Å². The van der Waals surface area contributed by atoms with Crippen LogP contribution in [-0.4, -0.2) is 14.8 Å². The molecule has 0 aliphatic rings. The molecule has 1 N–H and O–H groups in total. The molecule has 84 valence electrons. The Labute approximate surface area is 90.9 Å². The van der Waals surface area contributed by atoms with Gasteiger partial charge in [-0.1, -0.05) is 6.07 Å². The number of hydrogen-bond donors (Lipinski definition) is 1. The van der Waals surface area contributed by atoms with Gasteiger partial charge in [-0.15, -0.1) is 0 Å². The van der Waals surface area contributed by atoms with E-state index in [9.17, 15) is 8.78 Å². The summed E-state index contributed by atoms with van der Waals surface area (Å²) < 4.78 is 27.7. The Balaban J connectivity index is 2.11. The van der Waals surface area contributed by atoms with Crippen molar-refractivity contribution in [2.24, 2.45) is 7.05 Å². The highest BCUT2D eigenvalue weighted by Gasteiger charge is 2.07. The molecule has 0 amide bonds. The predicted molar refractivity (Wildman–Crippen MR) is 54.7 cm³/mol.